The van der Waals surface area contributed by atoms with Crippen LogP contribution in [0.2, 0.25) is 0 Å². The molecule has 0 aromatic heterocycles. The average Bonchev–Trinajstić information content (AvgIpc) is 3.26. The van der Waals surface area contributed by atoms with Gasteiger partial charge in [-0.25, -0.2) is 0 Å². The van der Waals surface area contributed by atoms with E-state index in [-0.39, 0.29) is 29.0 Å². The second kappa shape index (κ2) is 9.93. The summed E-state index contributed by atoms with van der Waals surface area (Å²) in [5.41, 5.74) is 2.53. The zero-order chi connectivity index (χ0) is 25.3. The summed E-state index contributed by atoms with van der Waals surface area (Å²) in [4.78, 5) is 41.7. The Labute approximate surface area is 211 Å². The van der Waals surface area contributed by atoms with E-state index < -0.39 is 16.8 Å². The van der Waals surface area contributed by atoms with E-state index in [0.29, 0.717) is 18.5 Å². The van der Waals surface area contributed by atoms with Gasteiger partial charge in [0.1, 0.15) is 23.2 Å². The maximum atomic E-state index is 13.6. The third kappa shape index (κ3) is 5.03. The lowest BCUT2D eigenvalue weighted by Crippen LogP contribution is -2.57. The molecule has 0 aliphatic carbocycles. The Bertz CT molecular complexity index is 1120. The van der Waals surface area contributed by atoms with Crippen molar-refractivity contribution in [3.05, 3.63) is 65.2 Å². The minimum atomic E-state index is -0.694. The molecule has 186 valence electrons. The van der Waals surface area contributed by atoms with Crippen LogP contribution in [0.5, 0.6) is 5.75 Å². The van der Waals surface area contributed by atoms with Crippen LogP contribution in [0.1, 0.15) is 61.0 Å². The number of nitrogens with one attached hydrogen (secondary N) is 2. The highest BCUT2D eigenvalue weighted by Gasteiger charge is 2.57. The number of thioether (sulfide) groups is 1. The fourth-order valence-corrected chi connectivity index (χ4v) is 6.40. The molecule has 3 amide bonds. The lowest BCUT2D eigenvalue weighted by Gasteiger charge is -2.31. The summed E-state index contributed by atoms with van der Waals surface area (Å²) in [5.74, 6) is 0.283. The normalized spacial score (nSPS) is 20.9. The Hall–Kier alpha value is -3.00. The molecule has 2 aromatic rings. The van der Waals surface area contributed by atoms with Gasteiger partial charge in [0.25, 0.3) is 5.91 Å². The summed E-state index contributed by atoms with van der Waals surface area (Å²) in [6.07, 6.45) is 0.498. The van der Waals surface area contributed by atoms with Gasteiger partial charge in [0.2, 0.25) is 11.8 Å². The summed E-state index contributed by atoms with van der Waals surface area (Å²) in [7, 11) is 1.61. The Morgan fingerprint density at radius 3 is 2.46 bits per heavy atom. The first-order valence-electron chi connectivity index (χ1n) is 11.9. The lowest BCUT2D eigenvalue weighted by molar-refractivity contribution is -0.132. The number of carbonyl (C=O) groups is 3. The molecule has 7 nitrogen and oxygen atoms in total. The molecule has 0 bridgehead atoms. The van der Waals surface area contributed by atoms with Crippen molar-refractivity contribution in [2.24, 2.45) is 5.92 Å². The molecule has 2 N–H and O–H groups in total. The van der Waals surface area contributed by atoms with Gasteiger partial charge in [-0.15, -0.1) is 11.8 Å². The van der Waals surface area contributed by atoms with Crippen LogP contribution in [0.25, 0.3) is 0 Å². The number of carbonyl (C=O) groups excluding carboxylic acids is 3. The summed E-state index contributed by atoms with van der Waals surface area (Å²) >= 11 is 1.61. The molecule has 2 heterocycles. The third-order valence-corrected chi connectivity index (χ3v) is 8.05. The fourth-order valence-electron chi connectivity index (χ4n) is 4.81. The first-order valence-corrected chi connectivity index (χ1v) is 12.8. The zero-order valence-corrected chi connectivity index (χ0v) is 21.6. The Morgan fingerprint density at radius 2 is 1.80 bits per heavy atom. The second-order valence-electron chi connectivity index (χ2n) is 10.0. The van der Waals surface area contributed by atoms with E-state index in [9.17, 15) is 14.4 Å². The highest BCUT2D eigenvalue weighted by Crippen LogP contribution is 2.56. The van der Waals surface area contributed by atoms with Gasteiger partial charge in [-0.05, 0) is 55.5 Å². The minimum absolute atomic E-state index is 0.131. The zero-order valence-electron chi connectivity index (χ0n) is 20.8. The van der Waals surface area contributed by atoms with Crippen LogP contribution in [0, 0.1) is 5.92 Å². The van der Waals surface area contributed by atoms with Crippen LogP contribution in [-0.4, -0.2) is 46.6 Å². The monoisotopic (exact) mass is 495 g/mol. The van der Waals surface area contributed by atoms with Gasteiger partial charge in [0, 0.05) is 16.9 Å². The standard InChI is InChI=1S/C27H33N3O4S/c1-16(2)14-21(23(31)28-15-17-10-12-18(34-5)13-11-17)29-24(32)22-27(3,4)35-26-20-9-7-6-8-19(20)25(33)30(22)26/h6-13,16,21-22,26H,14-15H2,1-5H3,(H,28,31)(H,29,32)/t21-,22-,26+/m0/s1. The van der Waals surface area contributed by atoms with Crippen molar-refractivity contribution in [3.8, 4) is 5.75 Å². The van der Waals surface area contributed by atoms with Crippen molar-refractivity contribution in [3.63, 3.8) is 0 Å². The molecule has 1 fully saturated rings. The minimum Gasteiger partial charge on any atom is -0.497 e. The van der Waals surface area contributed by atoms with Gasteiger partial charge in [-0.1, -0.05) is 44.2 Å². The first kappa shape index (κ1) is 25.1. The van der Waals surface area contributed by atoms with Gasteiger partial charge in [-0.2, -0.15) is 0 Å². The predicted molar refractivity (Wildman–Crippen MR) is 137 cm³/mol. The molecular weight excluding hydrogens is 462 g/mol. The van der Waals surface area contributed by atoms with Crippen molar-refractivity contribution >= 4 is 29.5 Å². The third-order valence-electron chi connectivity index (χ3n) is 6.51. The smallest absolute Gasteiger partial charge is 0.256 e. The van der Waals surface area contributed by atoms with E-state index in [1.54, 1.807) is 23.8 Å². The highest BCUT2D eigenvalue weighted by molar-refractivity contribution is 8.01. The van der Waals surface area contributed by atoms with Crippen LogP contribution >= 0.6 is 11.8 Å². The predicted octanol–water partition coefficient (Wildman–Crippen LogP) is 3.89. The number of rotatable bonds is 8. The van der Waals surface area contributed by atoms with Crippen LogP contribution < -0.4 is 15.4 Å². The molecule has 2 aliphatic rings. The van der Waals surface area contributed by atoms with Crippen molar-refractivity contribution in [1.29, 1.82) is 0 Å². The number of hydrogen-bond acceptors (Lipinski definition) is 5. The molecular formula is C27H33N3O4S. The number of benzene rings is 2. The van der Waals surface area contributed by atoms with E-state index in [1.165, 1.54) is 0 Å². The highest BCUT2D eigenvalue weighted by atomic mass is 32.2. The lowest BCUT2D eigenvalue weighted by atomic mass is 9.98. The second-order valence-corrected chi connectivity index (χ2v) is 11.8. The molecule has 0 saturated carbocycles. The van der Waals surface area contributed by atoms with Gasteiger partial charge in [0.15, 0.2) is 0 Å². The van der Waals surface area contributed by atoms with E-state index in [0.717, 1.165) is 16.9 Å². The molecule has 1 saturated heterocycles. The molecule has 2 aromatic carbocycles. The topological polar surface area (TPSA) is 87.7 Å². The van der Waals surface area contributed by atoms with Crippen molar-refractivity contribution < 1.29 is 19.1 Å². The van der Waals surface area contributed by atoms with Gasteiger partial charge < -0.3 is 20.3 Å². The van der Waals surface area contributed by atoms with Gasteiger partial charge in [-0.3, -0.25) is 14.4 Å². The Morgan fingerprint density at radius 1 is 1.11 bits per heavy atom. The summed E-state index contributed by atoms with van der Waals surface area (Å²) in [6, 6.07) is 13.6. The molecule has 0 spiro atoms. The van der Waals surface area contributed by atoms with Crippen molar-refractivity contribution in [1.82, 2.24) is 15.5 Å². The summed E-state index contributed by atoms with van der Waals surface area (Å²) in [6.45, 7) is 8.35. The first-order chi connectivity index (χ1) is 16.6. The molecule has 0 unspecified atom stereocenters. The SMILES string of the molecule is COc1ccc(CNC(=O)[C@H](CC(C)C)NC(=O)[C@@H]2N3C(=O)c4ccccc4[C@H]3SC2(C)C)cc1. The molecule has 3 atom stereocenters. The number of fused-ring (bicyclic) bond motifs is 3. The maximum absolute atomic E-state index is 13.6. The number of hydrogen-bond donors (Lipinski definition) is 2. The fraction of sp³-hybridized carbons (Fsp3) is 0.444. The Kier molecular flexibility index (Phi) is 7.12. The van der Waals surface area contributed by atoms with Crippen molar-refractivity contribution in [2.75, 3.05) is 7.11 Å². The molecule has 8 heteroatoms. The van der Waals surface area contributed by atoms with Gasteiger partial charge in [0.05, 0.1) is 7.11 Å². The maximum Gasteiger partial charge on any atom is 0.256 e. The van der Waals surface area contributed by atoms with Crippen LogP contribution in [0.4, 0.5) is 0 Å². The molecule has 2 aliphatic heterocycles. The number of nitrogens with zero attached hydrogens (tertiary/aromatic N) is 1. The summed E-state index contributed by atoms with van der Waals surface area (Å²) in [5, 5.41) is 5.73. The number of ether oxygens (including phenoxy) is 1. The van der Waals surface area contributed by atoms with Gasteiger partial charge >= 0.3 is 0 Å². The largest absolute Gasteiger partial charge is 0.497 e. The quantitative estimate of drug-likeness (QED) is 0.580. The molecule has 4 rings (SSSR count). The molecule has 35 heavy (non-hydrogen) atoms. The van der Waals surface area contributed by atoms with E-state index in [2.05, 4.69) is 10.6 Å². The van der Waals surface area contributed by atoms with Crippen LogP contribution in [0.3, 0.4) is 0 Å². The number of methoxy groups -OCH3 is 1. The number of amides is 3. The van der Waals surface area contributed by atoms with Crippen LogP contribution in [0.15, 0.2) is 48.5 Å². The Balaban J connectivity index is 1.48. The molecule has 0 radical (unpaired) electrons. The summed E-state index contributed by atoms with van der Waals surface area (Å²) < 4.78 is 4.68. The van der Waals surface area contributed by atoms with Crippen molar-refractivity contribution in [2.45, 2.75) is 62.9 Å². The van der Waals surface area contributed by atoms with E-state index in [1.807, 2.05) is 76.2 Å². The average molecular weight is 496 g/mol. The van der Waals surface area contributed by atoms with E-state index in [4.69, 9.17) is 4.74 Å². The van der Waals surface area contributed by atoms with Crippen LogP contribution in [-0.2, 0) is 16.1 Å². The van der Waals surface area contributed by atoms with E-state index >= 15 is 0 Å².